The Kier molecular flexibility index (Phi) is 4.70. The third-order valence-corrected chi connectivity index (χ3v) is 7.90. The Labute approximate surface area is 183 Å². The van der Waals surface area contributed by atoms with Crippen LogP contribution in [0.4, 0.5) is 4.39 Å². The smallest absolute Gasteiger partial charge is 0.220 e. The lowest BCUT2D eigenvalue weighted by atomic mass is 9.65. The number of hydrogen-bond acceptors (Lipinski definition) is 2. The fraction of sp³-hybridized carbons (Fsp3) is 0.423. The van der Waals surface area contributed by atoms with Crippen molar-refractivity contribution >= 4 is 16.8 Å². The summed E-state index contributed by atoms with van der Waals surface area (Å²) in [5.74, 6) is -0.0638. The van der Waals surface area contributed by atoms with Crippen molar-refractivity contribution in [2.75, 3.05) is 20.6 Å². The summed E-state index contributed by atoms with van der Waals surface area (Å²) in [6, 6.07) is 15.4. The Hall–Kier alpha value is -2.66. The highest BCUT2D eigenvalue weighted by Crippen LogP contribution is 2.53. The van der Waals surface area contributed by atoms with Gasteiger partial charge in [-0.05, 0) is 75.5 Å². The number of rotatable bonds is 2. The number of aromatic nitrogens is 1. The van der Waals surface area contributed by atoms with Gasteiger partial charge in [0.2, 0.25) is 5.91 Å². The molecule has 1 fully saturated rings. The van der Waals surface area contributed by atoms with E-state index < -0.39 is 0 Å². The summed E-state index contributed by atoms with van der Waals surface area (Å²) >= 11 is 0. The van der Waals surface area contributed by atoms with E-state index in [1.165, 1.54) is 16.6 Å². The summed E-state index contributed by atoms with van der Waals surface area (Å²) in [5.41, 5.74) is 4.42. The van der Waals surface area contributed by atoms with E-state index in [0.717, 1.165) is 49.7 Å². The zero-order chi connectivity index (χ0) is 21.8. The second-order valence-corrected chi connectivity index (χ2v) is 9.41. The van der Waals surface area contributed by atoms with Crippen LogP contribution in [0.1, 0.15) is 49.4 Å². The first-order valence-corrected chi connectivity index (χ1v) is 11.2. The van der Waals surface area contributed by atoms with Gasteiger partial charge in [-0.15, -0.1) is 0 Å². The van der Waals surface area contributed by atoms with Crippen LogP contribution < -0.4 is 0 Å². The molecule has 1 spiro atoms. The van der Waals surface area contributed by atoms with Gasteiger partial charge in [-0.2, -0.15) is 0 Å². The van der Waals surface area contributed by atoms with Crippen LogP contribution in [0.15, 0.2) is 48.5 Å². The molecule has 1 aliphatic heterocycles. The standard InChI is InChI=1S/C26H30FN3O/c1-18(31)30-17-12-22-21-6-4-5-7-23(21)28-24(22)26(30)15-13-25(14-16-26,29(2)3)19-8-10-20(27)11-9-19/h4-11,28H,12-17H2,1-3H3. The van der Waals surface area contributed by atoms with Crippen molar-refractivity contribution in [1.29, 1.82) is 0 Å². The predicted octanol–water partition coefficient (Wildman–Crippen LogP) is 4.94. The zero-order valence-electron chi connectivity index (χ0n) is 18.5. The number of amides is 1. The van der Waals surface area contributed by atoms with Gasteiger partial charge in [-0.1, -0.05) is 30.3 Å². The van der Waals surface area contributed by atoms with Crippen LogP contribution in [0.25, 0.3) is 10.9 Å². The van der Waals surface area contributed by atoms with Crippen molar-refractivity contribution in [1.82, 2.24) is 14.8 Å². The molecule has 0 unspecified atom stereocenters. The summed E-state index contributed by atoms with van der Waals surface area (Å²) in [6.45, 7) is 2.46. The molecule has 0 bridgehead atoms. The van der Waals surface area contributed by atoms with Crippen LogP contribution in [0, 0.1) is 5.82 Å². The highest BCUT2D eigenvalue weighted by Gasteiger charge is 2.52. The van der Waals surface area contributed by atoms with Crippen molar-refractivity contribution in [3.05, 3.63) is 71.2 Å². The van der Waals surface area contributed by atoms with Crippen molar-refractivity contribution in [3.63, 3.8) is 0 Å². The SMILES string of the molecule is CC(=O)N1CCc2c([nH]c3ccccc23)C12CCC(c1ccc(F)cc1)(N(C)C)CC2. The van der Waals surface area contributed by atoms with Crippen molar-refractivity contribution in [2.45, 2.75) is 50.1 Å². The number of H-pyrrole nitrogens is 1. The fourth-order valence-corrected chi connectivity index (χ4v) is 6.24. The minimum Gasteiger partial charge on any atom is -0.356 e. The Morgan fingerprint density at radius 1 is 1.03 bits per heavy atom. The van der Waals surface area contributed by atoms with Crippen LogP contribution in [0.3, 0.4) is 0 Å². The summed E-state index contributed by atoms with van der Waals surface area (Å²) in [4.78, 5) is 20.9. The number of fused-ring (bicyclic) bond motifs is 4. The van der Waals surface area contributed by atoms with Crippen LogP contribution >= 0.6 is 0 Å². The third kappa shape index (κ3) is 2.93. The lowest BCUT2D eigenvalue weighted by Gasteiger charge is -2.55. The van der Waals surface area contributed by atoms with Crippen molar-refractivity contribution in [3.8, 4) is 0 Å². The Morgan fingerprint density at radius 2 is 1.71 bits per heavy atom. The Morgan fingerprint density at radius 3 is 2.35 bits per heavy atom. The molecule has 3 aromatic rings. The number of para-hydroxylation sites is 1. The van der Waals surface area contributed by atoms with E-state index in [2.05, 4.69) is 53.1 Å². The van der Waals surface area contributed by atoms with Gasteiger partial charge in [0.25, 0.3) is 0 Å². The number of aromatic amines is 1. The molecule has 4 nitrogen and oxygen atoms in total. The van der Waals surface area contributed by atoms with Gasteiger partial charge in [0.1, 0.15) is 5.82 Å². The second kappa shape index (κ2) is 7.20. The van der Waals surface area contributed by atoms with Crippen LogP contribution in [0.2, 0.25) is 0 Å². The van der Waals surface area contributed by atoms with Crippen molar-refractivity contribution < 1.29 is 9.18 Å². The van der Waals surface area contributed by atoms with Gasteiger partial charge in [0.15, 0.2) is 0 Å². The summed E-state index contributed by atoms with van der Waals surface area (Å²) in [5, 5.41) is 1.28. The topological polar surface area (TPSA) is 39.3 Å². The lowest BCUT2D eigenvalue weighted by Crippen LogP contribution is -2.58. The number of carbonyl (C=O) groups is 1. The minimum atomic E-state index is -0.308. The van der Waals surface area contributed by atoms with Gasteiger partial charge in [0.05, 0.1) is 5.54 Å². The Bertz CT molecular complexity index is 1120. The van der Waals surface area contributed by atoms with Crippen LogP contribution in [0.5, 0.6) is 0 Å². The number of nitrogens with one attached hydrogen (secondary N) is 1. The molecular formula is C26H30FN3O. The highest BCUT2D eigenvalue weighted by atomic mass is 19.1. The van der Waals surface area contributed by atoms with E-state index >= 15 is 0 Å². The molecule has 1 N–H and O–H groups in total. The molecule has 1 aliphatic carbocycles. The number of benzene rings is 2. The van der Waals surface area contributed by atoms with Crippen molar-refractivity contribution in [2.24, 2.45) is 0 Å². The van der Waals surface area contributed by atoms with Crippen LogP contribution in [-0.4, -0.2) is 41.3 Å². The molecule has 0 radical (unpaired) electrons. The maximum absolute atomic E-state index is 13.6. The molecule has 5 rings (SSSR count). The van der Waals surface area contributed by atoms with E-state index in [4.69, 9.17) is 0 Å². The van der Waals surface area contributed by atoms with Gasteiger partial charge in [-0.3, -0.25) is 9.69 Å². The summed E-state index contributed by atoms with van der Waals surface area (Å²) in [7, 11) is 4.22. The molecule has 1 amide bonds. The normalized spacial score (nSPS) is 25.9. The Balaban J connectivity index is 1.60. The molecular weight excluding hydrogens is 389 g/mol. The minimum absolute atomic E-state index is 0.142. The molecule has 0 atom stereocenters. The predicted molar refractivity (Wildman–Crippen MR) is 121 cm³/mol. The lowest BCUT2D eigenvalue weighted by molar-refractivity contribution is -0.140. The van der Waals surface area contributed by atoms with E-state index in [1.807, 2.05) is 12.1 Å². The highest BCUT2D eigenvalue weighted by molar-refractivity contribution is 5.86. The summed E-state index contributed by atoms with van der Waals surface area (Å²) < 4.78 is 13.6. The molecule has 162 valence electrons. The first-order chi connectivity index (χ1) is 14.9. The molecule has 2 aliphatic rings. The largest absolute Gasteiger partial charge is 0.356 e. The number of hydrogen-bond donors (Lipinski definition) is 1. The molecule has 0 saturated heterocycles. The van der Waals surface area contributed by atoms with E-state index in [0.29, 0.717) is 0 Å². The zero-order valence-corrected chi connectivity index (χ0v) is 18.5. The van der Waals surface area contributed by atoms with E-state index in [9.17, 15) is 9.18 Å². The average Bonchev–Trinajstić information content (AvgIpc) is 3.15. The van der Waals surface area contributed by atoms with Gasteiger partial charge in [-0.25, -0.2) is 4.39 Å². The number of halogens is 1. The summed E-state index contributed by atoms with van der Waals surface area (Å²) in [6.07, 6.45) is 4.45. The number of nitrogens with zero attached hydrogens (tertiary/aromatic N) is 2. The van der Waals surface area contributed by atoms with Gasteiger partial charge < -0.3 is 9.88 Å². The van der Waals surface area contributed by atoms with Crippen LogP contribution in [-0.2, 0) is 22.3 Å². The maximum atomic E-state index is 13.6. The number of carbonyl (C=O) groups excluding carboxylic acids is 1. The first kappa shape index (κ1) is 20.3. The quantitative estimate of drug-likeness (QED) is 0.639. The first-order valence-electron chi connectivity index (χ1n) is 11.2. The van der Waals surface area contributed by atoms with Gasteiger partial charge >= 0.3 is 0 Å². The molecule has 31 heavy (non-hydrogen) atoms. The molecule has 5 heteroatoms. The molecule has 2 heterocycles. The molecule has 2 aromatic carbocycles. The average molecular weight is 420 g/mol. The maximum Gasteiger partial charge on any atom is 0.220 e. The molecule has 1 aromatic heterocycles. The van der Waals surface area contributed by atoms with E-state index in [-0.39, 0.29) is 22.8 Å². The fourth-order valence-electron chi connectivity index (χ4n) is 6.24. The monoisotopic (exact) mass is 419 g/mol. The third-order valence-electron chi connectivity index (χ3n) is 7.90. The molecule has 1 saturated carbocycles. The second-order valence-electron chi connectivity index (χ2n) is 9.41. The van der Waals surface area contributed by atoms with Gasteiger partial charge in [0, 0.05) is 35.6 Å². The van der Waals surface area contributed by atoms with E-state index in [1.54, 1.807) is 19.1 Å².